The lowest BCUT2D eigenvalue weighted by atomic mass is 9.83. The molecule has 0 radical (unpaired) electrons. The normalized spacial score (nSPS) is 16.6. The highest BCUT2D eigenvalue weighted by molar-refractivity contribution is 5.79. The van der Waals surface area contributed by atoms with Gasteiger partial charge in [0.15, 0.2) is 11.8 Å². The zero-order chi connectivity index (χ0) is 18.2. The Kier molecular flexibility index (Phi) is 6.26. The second-order valence-corrected chi connectivity index (χ2v) is 7.06. The molecule has 1 heterocycles. The van der Waals surface area contributed by atoms with Gasteiger partial charge in [-0.15, -0.1) is 10.2 Å². The fraction of sp³-hybridized carbons (Fsp3) is 0.550. The summed E-state index contributed by atoms with van der Waals surface area (Å²) in [7, 11) is 0. The molecule has 1 fully saturated rings. The third-order valence-electron chi connectivity index (χ3n) is 5.42. The van der Waals surface area contributed by atoms with Gasteiger partial charge >= 0.3 is 0 Å². The smallest absolute Gasteiger partial charge is 0.191 e. The highest BCUT2D eigenvalue weighted by Gasteiger charge is 2.31. The predicted octanol–water partition coefficient (Wildman–Crippen LogP) is 3.29. The molecule has 0 bridgehead atoms. The number of aliphatic imine (C=N–C) groups is 1. The minimum atomic E-state index is 0.431. The summed E-state index contributed by atoms with van der Waals surface area (Å²) < 4.78 is 1.98. The minimum absolute atomic E-state index is 0.431. The summed E-state index contributed by atoms with van der Waals surface area (Å²) in [5.41, 5.74) is 1.48. The molecule has 6 heteroatoms. The lowest BCUT2D eigenvalue weighted by Gasteiger charge is -2.28. The minimum Gasteiger partial charge on any atom is -0.357 e. The van der Waals surface area contributed by atoms with Crippen molar-refractivity contribution in [2.24, 2.45) is 10.4 Å². The van der Waals surface area contributed by atoms with Crippen molar-refractivity contribution in [1.29, 1.82) is 0 Å². The van der Waals surface area contributed by atoms with Gasteiger partial charge in [-0.1, -0.05) is 38.0 Å². The van der Waals surface area contributed by atoms with E-state index in [4.69, 9.17) is 4.99 Å². The van der Waals surface area contributed by atoms with Crippen molar-refractivity contribution in [2.75, 3.05) is 13.1 Å². The van der Waals surface area contributed by atoms with Crippen molar-refractivity contribution in [3.05, 3.63) is 42.5 Å². The highest BCUT2D eigenvalue weighted by atomic mass is 15.3. The van der Waals surface area contributed by atoms with Gasteiger partial charge < -0.3 is 10.6 Å². The first-order chi connectivity index (χ1) is 12.8. The first-order valence-electron chi connectivity index (χ1n) is 9.73. The van der Waals surface area contributed by atoms with E-state index in [0.29, 0.717) is 12.0 Å². The van der Waals surface area contributed by atoms with Gasteiger partial charge in [-0.3, -0.25) is 4.57 Å². The number of para-hydroxylation sites is 1. The maximum absolute atomic E-state index is 4.74. The van der Waals surface area contributed by atoms with Crippen LogP contribution < -0.4 is 10.6 Å². The lowest BCUT2D eigenvalue weighted by Crippen LogP contribution is -2.42. The van der Waals surface area contributed by atoms with Crippen LogP contribution in [0.5, 0.6) is 0 Å². The van der Waals surface area contributed by atoms with Gasteiger partial charge in [-0.2, -0.15) is 0 Å². The third kappa shape index (κ3) is 4.42. The predicted molar refractivity (Wildman–Crippen MR) is 105 cm³/mol. The summed E-state index contributed by atoms with van der Waals surface area (Å²) in [5.74, 6) is 1.69. The van der Waals surface area contributed by atoms with Crippen molar-refractivity contribution in [1.82, 2.24) is 25.4 Å². The molecule has 1 aromatic carbocycles. The molecule has 0 unspecified atom stereocenters. The highest BCUT2D eigenvalue weighted by Crippen LogP contribution is 2.40. The van der Waals surface area contributed by atoms with E-state index in [1.165, 1.54) is 32.1 Å². The van der Waals surface area contributed by atoms with Crippen LogP contribution in [0.3, 0.4) is 0 Å². The molecule has 1 aliphatic rings. The van der Waals surface area contributed by atoms with E-state index in [-0.39, 0.29) is 0 Å². The molecule has 1 aliphatic carbocycles. The molecule has 6 nitrogen and oxygen atoms in total. The van der Waals surface area contributed by atoms with Crippen LogP contribution in [-0.4, -0.2) is 33.8 Å². The molecule has 0 amide bonds. The standard InChI is InChI=1S/C20H30N6/c1-3-20(12-8-9-13-20)15-23-19(21-4-2)22-14-18-25-24-16-26(18)17-10-6-5-7-11-17/h5-7,10-11,16H,3-4,8-9,12-15H2,1-2H3,(H2,21,22,23). The molecule has 2 aromatic rings. The Hall–Kier alpha value is -2.37. The molecule has 0 spiro atoms. The third-order valence-corrected chi connectivity index (χ3v) is 5.42. The molecule has 0 aliphatic heterocycles. The van der Waals surface area contributed by atoms with Gasteiger partial charge in [0, 0.05) is 18.8 Å². The van der Waals surface area contributed by atoms with Crippen LogP contribution in [0, 0.1) is 5.41 Å². The second kappa shape index (κ2) is 8.83. The van der Waals surface area contributed by atoms with Crippen LogP contribution >= 0.6 is 0 Å². The van der Waals surface area contributed by atoms with Crippen LogP contribution in [0.1, 0.15) is 51.8 Å². The number of nitrogens with one attached hydrogen (secondary N) is 2. The topological polar surface area (TPSA) is 67.1 Å². The van der Waals surface area contributed by atoms with Crippen molar-refractivity contribution in [2.45, 2.75) is 52.5 Å². The Labute approximate surface area is 156 Å². The van der Waals surface area contributed by atoms with E-state index in [1.54, 1.807) is 6.33 Å². The van der Waals surface area contributed by atoms with Gasteiger partial charge in [0.1, 0.15) is 12.9 Å². The number of benzene rings is 1. The fourth-order valence-electron chi connectivity index (χ4n) is 3.71. The average Bonchev–Trinajstić information content (AvgIpc) is 3.34. The summed E-state index contributed by atoms with van der Waals surface area (Å²) in [4.78, 5) is 4.74. The van der Waals surface area contributed by atoms with Crippen molar-refractivity contribution in [3.8, 4) is 5.69 Å². The number of rotatable bonds is 7. The maximum Gasteiger partial charge on any atom is 0.191 e. The largest absolute Gasteiger partial charge is 0.357 e. The summed E-state index contributed by atoms with van der Waals surface area (Å²) in [5, 5.41) is 15.2. The second-order valence-electron chi connectivity index (χ2n) is 7.06. The number of hydrogen-bond acceptors (Lipinski definition) is 3. The van der Waals surface area contributed by atoms with Gasteiger partial charge in [0.25, 0.3) is 0 Å². The number of guanidine groups is 1. The van der Waals surface area contributed by atoms with E-state index in [0.717, 1.165) is 30.6 Å². The number of aromatic nitrogens is 3. The van der Waals surface area contributed by atoms with Crippen molar-refractivity contribution < 1.29 is 0 Å². The molecule has 26 heavy (non-hydrogen) atoms. The molecule has 3 rings (SSSR count). The van der Waals surface area contributed by atoms with Crippen LogP contribution in [-0.2, 0) is 6.54 Å². The summed E-state index contributed by atoms with van der Waals surface area (Å²) in [6.07, 6.45) is 8.30. The fourth-order valence-corrected chi connectivity index (χ4v) is 3.71. The first-order valence-corrected chi connectivity index (χ1v) is 9.73. The summed E-state index contributed by atoms with van der Waals surface area (Å²) in [6.45, 7) is 6.72. The van der Waals surface area contributed by atoms with Gasteiger partial charge in [-0.25, -0.2) is 4.99 Å². The van der Waals surface area contributed by atoms with Crippen LogP contribution in [0.25, 0.3) is 5.69 Å². The van der Waals surface area contributed by atoms with E-state index in [9.17, 15) is 0 Å². The van der Waals surface area contributed by atoms with Crippen molar-refractivity contribution >= 4 is 5.96 Å². The number of nitrogens with zero attached hydrogens (tertiary/aromatic N) is 4. The Morgan fingerprint density at radius 2 is 1.92 bits per heavy atom. The Morgan fingerprint density at radius 1 is 1.15 bits per heavy atom. The number of hydrogen-bond donors (Lipinski definition) is 2. The summed E-state index contributed by atoms with van der Waals surface area (Å²) in [6, 6.07) is 10.1. The SMILES string of the molecule is CCNC(=NCc1nncn1-c1ccccc1)NCC1(CC)CCCC1. The van der Waals surface area contributed by atoms with E-state index >= 15 is 0 Å². The zero-order valence-electron chi connectivity index (χ0n) is 15.9. The van der Waals surface area contributed by atoms with E-state index in [1.807, 2.05) is 34.9 Å². The first kappa shape index (κ1) is 18.4. The van der Waals surface area contributed by atoms with Gasteiger partial charge in [0.2, 0.25) is 0 Å². The van der Waals surface area contributed by atoms with Crippen LogP contribution in [0.15, 0.2) is 41.7 Å². The quantitative estimate of drug-likeness (QED) is 0.591. The molecule has 1 aromatic heterocycles. The van der Waals surface area contributed by atoms with Crippen molar-refractivity contribution in [3.63, 3.8) is 0 Å². The Bertz CT molecular complexity index is 700. The van der Waals surface area contributed by atoms with E-state index < -0.39 is 0 Å². The molecule has 1 saturated carbocycles. The maximum atomic E-state index is 4.74. The lowest BCUT2D eigenvalue weighted by molar-refractivity contribution is 0.283. The van der Waals surface area contributed by atoms with Crippen LogP contribution in [0.4, 0.5) is 0 Å². The van der Waals surface area contributed by atoms with Crippen LogP contribution in [0.2, 0.25) is 0 Å². The zero-order valence-corrected chi connectivity index (χ0v) is 15.9. The molecule has 2 N–H and O–H groups in total. The summed E-state index contributed by atoms with van der Waals surface area (Å²) >= 11 is 0. The molecular formula is C20H30N6. The monoisotopic (exact) mass is 354 g/mol. The van der Waals surface area contributed by atoms with E-state index in [2.05, 4.69) is 34.7 Å². The Balaban J connectivity index is 1.67. The molecule has 140 valence electrons. The molecule has 0 saturated heterocycles. The molecule has 0 atom stereocenters. The molecular weight excluding hydrogens is 324 g/mol. The van der Waals surface area contributed by atoms with Gasteiger partial charge in [0.05, 0.1) is 0 Å². The average molecular weight is 355 g/mol. The Morgan fingerprint density at radius 3 is 2.62 bits per heavy atom. The van der Waals surface area contributed by atoms with Gasteiger partial charge in [-0.05, 0) is 43.7 Å².